The number of carbonyl (C=O) groups excluding carboxylic acids is 1. The first-order valence-corrected chi connectivity index (χ1v) is 9.88. The Bertz CT molecular complexity index is 1070. The topological polar surface area (TPSA) is 59.2 Å². The highest BCUT2D eigenvalue weighted by Gasteiger charge is 2.35. The molecule has 0 atom stereocenters. The highest BCUT2D eigenvalue weighted by Crippen LogP contribution is 2.34. The first kappa shape index (κ1) is 22.6. The standard InChI is InChI=1S/C22H19ClF3N3O2/c1-2-12-29(14-19-27-28-21(31-19)16-10-6-7-11-18(16)23)20(30)13-17(22(24,25)26)15-8-4-3-5-9-15/h3-11,13H,2,12,14H2,1H3/b17-13-. The summed E-state index contributed by atoms with van der Waals surface area (Å²) in [7, 11) is 0. The fourth-order valence-corrected chi connectivity index (χ4v) is 3.14. The third-order valence-corrected chi connectivity index (χ3v) is 4.69. The summed E-state index contributed by atoms with van der Waals surface area (Å²) in [6.07, 6.45) is -3.54. The van der Waals surface area contributed by atoms with E-state index in [0.29, 0.717) is 23.1 Å². The van der Waals surface area contributed by atoms with E-state index in [2.05, 4.69) is 10.2 Å². The van der Waals surface area contributed by atoms with Crippen molar-refractivity contribution in [3.05, 3.63) is 77.2 Å². The molecule has 0 saturated carbocycles. The Hall–Kier alpha value is -3.13. The second-order valence-corrected chi connectivity index (χ2v) is 7.07. The van der Waals surface area contributed by atoms with Gasteiger partial charge in [-0.3, -0.25) is 4.79 Å². The number of benzene rings is 2. The van der Waals surface area contributed by atoms with Crippen molar-refractivity contribution >= 4 is 23.1 Å². The SMILES string of the molecule is CCCN(Cc1nnc(-c2ccccc2Cl)o1)C(=O)/C=C(/c1ccccc1)C(F)(F)F. The minimum atomic E-state index is -4.68. The van der Waals surface area contributed by atoms with Crippen LogP contribution in [-0.4, -0.2) is 33.7 Å². The van der Waals surface area contributed by atoms with Crippen molar-refractivity contribution < 1.29 is 22.4 Å². The van der Waals surface area contributed by atoms with E-state index >= 15 is 0 Å². The Morgan fingerprint density at radius 3 is 2.42 bits per heavy atom. The predicted molar refractivity (Wildman–Crippen MR) is 111 cm³/mol. The van der Waals surface area contributed by atoms with Gasteiger partial charge in [-0.25, -0.2) is 0 Å². The number of hydrogen-bond donors (Lipinski definition) is 0. The van der Waals surface area contributed by atoms with E-state index in [-0.39, 0.29) is 30.4 Å². The number of aromatic nitrogens is 2. The molecule has 0 fully saturated rings. The Labute approximate surface area is 182 Å². The van der Waals surface area contributed by atoms with Crippen LogP contribution in [0.25, 0.3) is 17.0 Å². The molecule has 0 aliphatic carbocycles. The lowest BCUT2D eigenvalue weighted by atomic mass is 10.0. The van der Waals surface area contributed by atoms with Crippen LogP contribution in [0.4, 0.5) is 13.2 Å². The summed E-state index contributed by atoms with van der Waals surface area (Å²) in [6.45, 7) is 1.91. The van der Waals surface area contributed by atoms with E-state index in [1.54, 1.807) is 30.3 Å². The van der Waals surface area contributed by atoms with Gasteiger partial charge in [0.2, 0.25) is 17.7 Å². The van der Waals surface area contributed by atoms with Crippen molar-refractivity contribution in [3.8, 4) is 11.5 Å². The molecular formula is C22H19ClF3N3O2. The molecule has 3 aromatic rings. The molecule has 0 radical (unpaired) electrons. The molecule has 0 unspecified atom stereocenters. The molecule has 5 nitrogen and oxygen atoms in total. The molecule has 31 heavy (non-hydrogen) atoms. The zero-order valence-corrected chi connectivity index (χ0v) is 17.3. The number of hydrogen-bond acceptors (Lipinski definition) is 4. The molecule has 162 valence electrons. The molecule has 1 heterocycles. The molecule has 1 amide bonds. The van der Waals surface area contributed by atoms with Gasteiger partial charge in [-0.15, -0.1) is 10.2 Å². The minimum absolute atomic E-state index is 0.0846. The Kier molecular flexibility index (Phi) is 7.12. The van der Waals surface area contributed by atoms with E-state index < -0.39 is 17.7 Å². The minimum Gasteiger partial charge on any atom is -0.419 e. The lowest BCUT2D eigenvalue weighted by Crippen LogP contribution is -2.31. The average Bonchev–Trinajstić information content (AvgIpc) is 3.20. The summed E-state index contributed by atoms with van der Waals surface area (Å²) in [5.74, 6) is -0.533. The summed E-state index contributed by atoms with van der Waals surface area (Å²) in [4.78, 5) is 14.0. The monoisotopic (exact) mass is 449 g/mol. The molecule has 3 rings (SSSR count). The Morgan fingerprint density at radius 2 is 1.77 bits per heavy atom. The lowest BCUT2D eigenvalue weighted by Gasteiger charge is -2.20. The van der Waals surface area contributed by atoms with Gasteiger partial charge in [-0.05, 0) is 24.1 Å². The Balaban J connectivity index is 1.86. The van der Waals surface area contributed by atoms with Gasteiger partial charge in [0.05, 0.1) is 22.7 Å². The van der Waals surface area contributed by atoms with Crippen molar-refractivity contribution in [3.63, 3.8) is 0 Å². The average molecular weight is 450 g/mol. The molecule has 0 bridgehead atoms. The van der Waals surface area contributed by atoms with Crippen molar-refractivity contribution in [1.82, 2.24) is 15.1 Å². The molecule has 1 aromatic heterocycles. The highest BCUT2D eigenvalue weighted by molar-refractivity contribution is 6.33. The fraction of sp³-hybridized carbons (Fsp3) is 0.227. The third kappa shape index (κ3) is 5.73. The maximum atomic E-state index is 13.6. The number of amides is 1. The summed E-state index contributed by atoms with van der Waals surface area (Å²) in [5, 5.41) is 8.26. The van der Waals surface area contributed by atoms with Crippen LogP contribution in [0, 0.1) is 0 Å². The summed E-state index contributed by atoms with van der Waals surface area (Å²) >= 11 is 6.13. The number of halogens is 4. The number of alkyl halides is 3. The normalized spacial score (nSPS) is 12.1. The van der Waals surface area contributed by atoms with Crippen molar-refractivity contribution in [2.45, 2.75) is 26.1 Å². The van der Waals surface area contributed by atoms with Gasteiger partial charge in [0.15, 0.2) is 0 Å². The van der Waals surface area contributed by atoms with Gasteiger partial charge < -0.3 is 9.32 Å². The quantitative estimate of drug-likeness (QED) is 0.429. The highest BCUT2D eigenvalue weighted by atomic mass is 35.5. The molecule has 0 aliphatic rings. The van der Waals surface area contributed by atoms with Crippen LogP contribution in [0.15, 0.2) is 65.1 Å². The van der Waals surface area contributed by atoms with Crippen LogP contribution in [-0.2, 0) is 11.3 Å². The van der Waals surface area contributed by atoms with Crippen LogP contribution >= 0.6 is 11.6 Å². The molecule has 0 aliphatic heterocycles. The van der Waals surface area contributed by atoms with E-state index in [0.717, 1.165) is 0 Å². The summed E-state index contributed by atoms with van der Waals surface area (Å²) < 4.78 is 46.3. The number of allylic oxidation sites excluding steroid dienone is 1. The van der Waals surface area contributed by atoms with Gasteiger partial charge in [0.25, 0.3) is 0 Å². The first-order chi connectivity index (χ1) is 14.8. The van der Waals surface area contributed by atoms with Gasteiger partial charge in [0, 0.05) is 12.6 Å². The van der Waals surface area contributed by atoms with Crippen molar-refractivity contribution in [2.24, 2.45) is 0 Å². The van der Waals surface area contributed by atoms with Gasteiger partial charge in [-0.1, -0.05) is 61.0 Å². The maximum Gasteiger partial charge on any atom is 0.417 e. The van der Waals surface area contributed by atoms with Crippen LogP contribution in [0.5, 0.6) is 0 Å². The van der Waals surface area contributed by atoms with E-state index in [1.165, 1.54) is 29.2 Å². The second kappa shape index (κ2) is 9.78. The molecule has 9 heteroatoms. The Morgan fingerprint density at radius 1 is 1.10 bits per heavy atom. The second-order valence-electron chi connectivity index (χ2n) is 6.66. The van der Waals surface area contributed by atoms with Gasteiger partial charge in [-0.2, -0.15) is 13.2 Å². The zero-order chi connectivity index (χ0) is 22.4. The van der Waals surface area contributed by atoms with E-state index in [1.807, 2.05) is 6.92 Å². The maximum absolute atomic E-state index is 13.6. The smallest absolute Gasteiger partial charge is 0.417 e. The van der Waals surface area contributed by atoms with Crippen LogP contribution in [0.1, 0.15) is 24.8 Å². The predicted octanol–water partition coefficient (Wildman–Crippen LogP) is 5.77. The molecule has 2 aromatic carbocycles. The van der Waals surface area contributed by atoms with Gasteiger partial charge >= 0.3 is 6.18 Å². The van der Waals surface area contributed by atoms with Crippen LogP contribution < -0.4 is 0 Å². The third-order valence-electron chi connectivity index (χ3n) is 4.36. The molecule has 0 N–H and O–H groups in total. The van der Waals surface area contributed by atoms with Crippen LogP contribution in [0.2, 0.25) is 5.02 Å². The van der Waals surface area contributed by atoms with Gasteiger partial charge in [0.1, 0.15) is 0 Å². The first-order valence-electron chi connectivity index (χ1n) is 9.50. The number of carbonyl (C=O) groups is 1. The molecule has 0 saturated heterocycles. The van der Waals surface area contributed by atoms with E-state index in [9.17, 15) is 18.0 Å². The summed E-state index contributed by atoms with van der Waals surface area (Å²) in [6, 6.07) is 14.1. The molecule has 0 spiro atoms. The zero-order valence-electron chi connectivity index (χ0n) is 16.6. The number of nitrogens with zero attached hydrogens (tertiary/aromatic N) is 3. The van der Waals surface area contributed by atoms with Crippen molar-refractivity contribution in [2.75, 3.05) is 6.54 Å². The largest absolute Gasteiger partial charge is 0.419 e. The molecular weight excluding hydrogens is 431 g/mol. The number of rotatable bonds is 7. The van der Waals surface area contributed by atoms with Crippen molar-refractivity contribution in [1.29, 1.82) is 0 Å². The van der Waals surface area contributed by atoms with E-state index in [4.69, 9.17) is 16.0 Å². The summed E-state index contributed by atoms with van der Waals surface area (Å²) in [5.41, 5.74) is -0.570. The fourth-order valence-electron chi connectivity index (χ4n) is 2.92. The van der Waals surface area contributed by atoms with Crippen LogP contribution in [0.3, 0.4) is 0 Å². The lowest BCUT2D eigenvalue weighted by molar-refractivity contribution is -0.127.